The van der Waals surface area contributed by atoms with Crippen molar-refractivity contribution in [3.63, 3.8) is 0 Å². The Balaban J connectivity index is 0.000000490. The summed E-state index contributed by atoms with van der Waals surface area (Å²) in [6.45, 7) is 3.73. The highest BCUT2D eigenvalue weighted by molar-refractivity contribution is 5.85. The molecule has 1 heterocycles. The van der Waals surface area contributed by atoms with Gasteiger partial charge in [-0.05, 0) is 6.92 Å². The molecule has 0 aliphatic rings. The summed E-state index contributed by atoms with van der Waals surface area (Å²) in [5.41, 5.74) is 0.942. The minimum atomic E-state index is 0. The van der Waals surface area contributed by atoms with Gasteiger partial charge in [0.05, 0.1) is 5.69 Å². The van der Waals surface area contributed by atoms with E-state index in [0.29, 0.717) is 0 Å². The third-order valence-electron chi connectivity index (χ3n) is 0.734. The van der Waals surface area contributed by atoms with Gasteiger partial charge < -0.3 is 4.42 Å². The van der Waals surface area contributed by atoms with Crippen LogP contribution in [-0.2, 0) is 0 Å². The molecule has 8 heavy (non-hydrogen) atoms. The number of hydrogen-bond donors (Lipinski definition) is 0. The van der Waals surface area contributed by atoms with Crippen LogP contribution in [-0.4, -0.2) is 4.98 Å². The maximum absolute atomic E-state index is 4.85. The van der Waals surface area contributed by atoms with Gasteiger partial charge in [0.15, 0.2) is 5.89 Å². The van der Waals surface area contributed by atoms with E-state index in [1.54, 1.807) is 6.26 Å². The van der Waals surface area contributed by atoms with Gasteiger partial charge in [0.1, 0.15) is 6.26 Å². The molecule has 1 aromatic heterocycles. The summed E-state index contributed by atoms with van der Waals surface area (Å²) in [6.07, 6.45) is 1.63. The zero-order valence-corrected chi connectivity index (χ0v) is 5.66. The van der Waals surface area contributed by atoms with Crippen LogP contribution in [0.25, 0.3) is 0 Å². The second-order valence-corrected chi connectivity index (χ2v) is 1.51. The molecular weight excluding hydrogens is 126 g/mol. The number of aryl methyl sites for hydroxylation is 2. The molecule has 0 atom stereocenters. The molecule has 0 spiro atoms. The third kappa shape index (κ3) is 1.54. The molecule has 0 radical (unpaired) electrons. The molecule has 0 bridgehead atoms. The van der Waals surface area contributed by atoms with Gasteiger partial charge in [-0.15, -0.1) is 12.4 Å². The van der Waals surface area contributed by atoms with Crippen molar-refractivity contribution in [3.8, 4) is 0 Å². The Hall–Kier alpha value is -0.500. The van der Waals surface area contributed by atoms with Gasteiger partial charge in [0, 0.05) is 6.92 Å². The van der Waals surface area contributed by atoms with E-state index in [1.165, 1.54) is 0 Å². The Morgan fingerprint density at radius 1 is 1.50 bits per heavy atom. The molecule has 1 aromatic rings. The summed E-state index contributed by atoms with van der Waals surface area (Å²) in [5, 5.41) is 0. The van der Waals surface area contributed by atoms with Crippen molar-refractivity contribution in [2.45, 2.75) is 13.8 Å². The summed E-state index contributed by atoms with van der Waals surface area (Å²) in [7, 11) is 0. The van der Waals surface area contributed by atoms with E-state index in [1.807, 2.05) is 13.8 Å². The van der Waals surface area contributed by atoms with Gasteiger partial charge >= 0.3 is 0 Å². The average Bonchev–Trinajstić information content (AvgIpc) is 1.87. The lowest BCUT2D eigenvalue weighted by atomic mass is 10.6. The van der Waals surface area contributed by atoms with Gasteiger partial charge in [0.2, 0.25) is 0 Å². The van der Waals surface area contributed by atoms with E-state index < -0.39 is 0 Å². The summed E-state index contributed by atoms with van der Waals surface area (Å²) in [5.74, 6) is 0.734. The molecule has 0 saturated carbocycles. The fraction of sp³-hybridized carbons (Fsp3) is 0.400. The molecule has 0 N–H and O–H groups in total. The van der Waals surface area contributed by atoms with Gasteiger partial charge in [-0.2, -0.15) is 0 Å². The van der Waals surface area contributed by atoms with Crippen LogP contribution < -0.4 is 0 Å². The SMILES string of the molecule is Cc1coc(C)n1.Cl. The molecule has 0 aliphatic heterocycles. The van der Waals surface area contributed by atoms with E-state index in [2.05, 4.69) is 4.98 Å². The Bertz CT molecular complexity index is 145. The molecular formula is C5H8ClNO. The normalized spacial score (nSPS) is 8.25. The molecule has 0 fully saturated rings. The Morgan fingerprint density at radius 3 is 2.25 bits per heavy atom. The summed E-state index contributed by atoms with van der Waals surface area (Å²) in [4.78, 5) is 3.94. The van der Waals surface area contributed by atoms with Crippen LogP contribution in [0.1, 0.15) is 11.6 Å². The second-order valence-electron chi connectivity index (χ2n) is 1.51. The van der Waals surface area contributed by atoms with Crippen LogP contribution in [0.3, 0.4) is 0 Å². The molecule has 0 aromatic carbocycles. The van der Waals surface area contributed by atoms with Crippen molar-refractivity contribution >= 4 is 12.4 Å². The van der Waals surface area contributed by atoms with Crippen LogP contribution in [0.5, 0.6) is 0 Å². The Labute approximate surface area is 54.3 Å². The number of halogens is 1. The first-order chi connectivity index (χ1) is 3.29. The first kappa shape index (κ1) is 7.50. The standard InChI is InChI=1S/C5H7NO.ClH/c1-4-3-7-5(2)6-4;/h3H,1-2H3;1H. The molecule has 46 valence electrons. The van der Waals surface area contributed by atoms with Crippen LogP contribution in [0.4, 0.5) is 0 Å². The highest BCUT2D eigenvalue weighted by atomic mass is 35.5. The number of aromatic nitrogens is 1. The predicted octanol–water partition coefficient (Wildman–Crippen LogP) is 1.71. The van der Waals surface area contributed by atoms with Crippen molar-refractivity contribution in [1.29, 1.82) is 0 Å². The minimum absolute atomic E-state index is 0. The molecule has 2 nitrogen and oxygen atoms in total. The van der Waals surface area contributed by atoms with E-state index in [4.69, 9.17) is 4.42 Å². The zero-order chi connectivity index (χ0) is 5.28. The second kappa shape index (κ2) is 2.72. The van der Waals surface area contributed by atoms with Crippen molar-refractivity contribution in [2.24, 2.45) is 0 Å². The topological polar surface area (TPSA) is 26.0 Å². The highest BCUT2D eigenvalue weighted by Gasteiger charge is 1.87. The van der Waals surface area contributed by atoms with Crippen LogP contribution in [0.2, 0.25) is 0 Å². The van der Waals surface area contributed by atoms with Gasteiger partial charge in [-0.25, -0.2) is 4.98 Å². The maximum atomic E-state index is 4.85. The van der Waals surface area contributed by atoms with Crippen molar-refractivity contribution in [3.05, 3.63) is 17.8 Å². The number of oxazole rings is 1. The molecule has 0 amide bonds. The maximum Gasteiger partial charge on any atom is 0.191 e. The molecule has 0 aliphatic carbocycles. The quantitative estimate of drug-likeness (QED) is 0.539. The fourth-order valence-corrected chi connectivity index (χ4v) is 0.472. The first-order valence-electron chi connectivity index (χ1n) is 2.18. The zero-order valence-electron chi connectivity index (χ0n) is 4.84. The van der Waals surface area contributed by atoms with Gasteiger partial charge in [-0.3, -0.25) is 0 Å². The van der Waals surface area contributed by atoms with E-state index in [9.17, 15) is 0 Å². The lowest BCUT2D eigenvalue weighted by Crippen LogP contribution is -1.67. The summed E-state index contributed by atoms with van der Waals surface area (Å²) >= 11 is 0. The lowest BCUT2D eigenvalue weighted by Gasteiger charge is -1.68. The molecule has 0 saturated heterocycles. The van der Waals surface area contributed by atoms with Crippen LogP contribution in [0.15, 0.2) is 10.7 Å². The summed E-state index contributed by atoms with van der Waals surface area (Å²) in [6, 6.07) is 0. The monoisotopic (exact) mass is 133 g/mol. The molecule has 3 heteroatoms. The first-order valence-corrected chi connectivity index (χ1v) is 2.18. The van der Waals surface area contributed by atoms with Gasteiger partial charge in [-0.1, -0.05) is 0 Å². The fourth-order valence-electron chi connectivity index (χ4n) is 0.472. The van der Waals surface area contributed by atoms with Crippen molar-refractivity contribution in [2.75, 3.05) is 0 Å². The van der Waals surface area contributed by atoms with E-state index in [0.717, 1.165) is 11.6 Å². The highest BCUT2D eigenvalue weighted by Crippen LogP contribution is 1.95. The van der Waals surface area contributed by atoms with E-state index in [-0.39, 0.29) is 12.4 Å². The lowest BCUT2D eigenvalue weighted by molar-refractivity contribution is 0.521. The molecule has 0 unspecified atom stereocenters. The predicted molar refractivity (Wildman–Crippen MR) is 33.2 cm³/mol. The summed E-state index contributed by atoms with van der Waals surface area (Å²) < 4.78 is 4.85. The van der Waals surface area contributed by atoms with Gasteiger partial charge in [0.25, 0.3) is 0 Å². The smallest absolute Gasteiger partial charge is 0.191 e. The van der Waals surface area contributed by atoms with Crippen LogP contribution in [0, 0.1) is 13.8 Å². The molecule has 1 rings (SSSR count). The largest absolute Gasteiger partial charge is 0.449 e. The number of hydrogen-bond acceptors (Lipinski definition) is 2. The third-order valence-corrected chi connectivity index (χ3v) is 0.734. The van der Waals surface area contributed by atoms with E-state index >= 15 is 0 Å². The Morgan fingerprint density at radius 2 is 2.12 bits per heavy atom. The Kier molecular flexibility index (Phi) is 2.55. The van der Waals surface area contributed by atoms with Crippen molar-refractivity contribution in [1.82, 2.24) is 4.98 Å². The minimum Gasteiger partial charge on any atom is -0.449 e. The van der Waals surface area contributed by atoms with Crippen LogP contribution >= 0.6 is 12.4 Å². The average molecular weight is 134 g/mol. The van der Waals surface area contributed by atoms with Crippen molar-refractivity contribution < 1.29 is 4.42 Å². The number of nitrogens with zero attached hydrogens (tertiary/aromatic N) is 1. The number of rotatable bonds is 0.